The number of benzene rings is 2. The Bertz CT molecular complexity index is 1120. The van der Waals surface area contributed by atoms with Crippen molar-refractivity contribution in [3.8, 4) is 11.3 Å². The van der Waals surface area contributed by atoms with Gasteiger partial charge in [0.1, 0.15) is 5.60 Å². The van der Waals surface area contributed by atoms with E-state index >= 15 is 0 Å². The fraction of sp³-hybridized carbons (Fsp3) is 0.182. The lowest BCUT2D eigenvalue weighted by Crippen LogP contribution is -2.44. The number of hydrogen-bond acceptors (Lipinski definition) is 5. The van der Waals surface area contributed by atoms with E-state index in [1.807, 2.05) is 31.3 Å². The molecule has 0 saturated carbocycles. The second kappa shape index (κ2) is 6.23. The van der Waals surface area contributed by atoms with Crippen LogP contribution < -0.4 is 0 Å². The van der Waals surface area contributed by atoms with Crippen molar-refractivity contribution >= 4 is 21.4 Å². The molecule has 4 nitrogen and oxygen atoms in total. The van der Waals surface area contributed by atoms with Crippen molar-refractivity contribution in [1.29, 1.82) is 0 Å². The summed E-state index contributed by atoms with van der Waals surface area (Å²) in [5, 5.41) is 23.3. The SMILES string of the molecule is CN1Cc2cc(-c3cccnn3)ccc2C(O)(c2ccc3ccsc3c2)C1. The number of fused-ring (bicyclic) bond motifs is 2. The van der Waals surface area contributed by atoms with Crippen LogP contribution in [0.4, 0.5) is 0 Å². The number of thiophene rings is 1. The average Bonchev–Trinajstić information content (AvgIpc) is 3.16. The summed E-state index contributed by atoms with van der Waals surface area (Å²) in [6, 6.07) is 18.4. The third-order valence-electron chi connectivity index (χ3n) is 5.29. The Hall–Kier alpha value is -2.60. The molecule has 0 aliphatic carbocycles. The van der Waals surface area contributed by atoms with Crippen molar-refractivity contribution in [2.75, 3.05) is 13.6 Å². The summed E-state index contributed by atoms with van der Waals surface area (Å²) in [6.07, 6.45) is 1.68. The topological polar surface area (TPSA) is 49.2 Å². The standard InChI is InChI=1S/C22H19N3OS/c1-25-13-17-11-16(20-3-2-9-23-24-20)5-7-19(17)22(26,14-25)18-6-4-15-8-10-27-21(15)12-18/h2-12,26H,13-14H2,1H3. The van der Waals surface area contributed by atoms with Crippen molar-refractivity contribution in [1.82, 2.24) is 15.1 Å². The summed E-state index contributed by atoms with van der Waals surface area (Å²) >= 11 is 1.71. The molecule has 2 aromatic carbocycles. The Morgan fingerprint density at radius 3 is 2.89 bits per heavy atom. The molecule has 0 radical (unpaired) electrons. The molecule has 5 heteroatoms. The maximum absolute atomic E-state index is 11.8. The number of nitrogens with zero attached hydrogens (tertiary/aromatic N) is 3. The second-order valence-electron chi connectivity index (χ2n) is 7.19. The molecule has 0 saturated heterocycles. The van der Waals surface area contributed by atoms with Crippen molar-refractivity contribution in [3.63, 3.8) is 0 Å². The Labute approximate surface area is 161 Å². The first-order valence-electron chi connectivity index (χ1n) is 8.94. The molecule has 0 spiro atoms. The molecular formula is C22H19N3OS. The molecule has 5 rings (SSSR count). The van der Waals surface area contributed by atoms with Gasteiger partial charge in [0.2, 0.25) is 0 Å². The van der Waals surface area contributed by atoms with Gasteiger partial charge in [0.05, 0.1) is 5.69 Å². The molecule has 1 atom stereocenters. The van der Waals surface area contributed by atoms with Crippen LogP contribution in [0.25, 0.3) is 21.3 Å². The third kappa shape index (κ3) is 2.75. The average molecular weight is 373 g/mol. The molecule has 1 unspecified atom stereocenters. The molecule has 1 N–H and O–H groups in total. The van der Waals surface area contributed by atoms with E-state index in [1.54, 1.807) is 17.5 Å². The molecule has 2 aromatic heterocycles. The van der Waals surface area contributed by atoms with Gasteiger partial charge in [-0.1, -0.05) is 24.3 Å². The molecule has 4 aromatic rings. The molecule has 0 fully saturated rings. The summed E-state index contributed by atoms with van der Waals surface area (Å²) < 4.78 is 1.20. The van der Waals surface area contributed by atoms with E-state index in [1.165, 1.54) is 10.1 Å². The van der Waals surface area contributed by atoms with Gasteiger partial charge in [-0.2, -0.15) is 10.2 Å². The zero-order chi connectivity index (χ0) is 18.4. The predicted octanol–water partition coefficient (Wildman–Crippen LogP) is 4.04. The first-order chi connectivity index (χ1) is 13.1. The van der Waals surface area contributed by atoms with Crippen LogP contribution in [0.15, 0.2) is 66.2 Å². The fourth-order valence-corrected chi connectivity index (χ4v) is 4.85. The van der Waals surface area contributed by atoms with Gasteiger partial charge in [0, 0.05) is 29.5 Å². The lowest BCUT2D eigenvalue weighted by molar-refractivity contribution is 0.0284. The third-order valence-corrected chi connectivity index (χ3v) is 6.17. The van der Waals surface area contributed by atoms with Crippen molar-refractivity contribution in [2.24, 2.45) is 0 Å². The van der Waals surface area contributed by atoms with E-state index in [9.17, 15) is 5.11 Å². The largest absolute Gasteiger partial charge is 0.379 e. The van der Waals surface area contributed by atoms with Gasteiger partial charge < -0.3 is 5.11 Å². The summed E-state index contributed by atoms with van der Waals surface area (Å²) in [6.45, 7) is 1.37. The van der Waals surface area contributed by atoms with E-state index in [2.05, 4.69) is 50.8 Å². The highest BCUT2D eigenvalue weighted by Gasteiger charge is 2.38. The maximum Gasteiger partial charge on any atom is 0.128 e. The number of rotatable bonds is 2. The van der Waals surface area contributed by atoms with Crippen LogP contribution in [0.3, 0.4) is 0 Å². The van der Waals surface area contributed by atoms with Crippen LogP contribution in [0.1, 0.15) is 16.7 Å². The molecular weight excluding hydrogens is 354 g/mol. The Morgan fingerprint density at radius 2 is 2.04 bits per heavy atom. The van der Waals surface area contributed by atoms with E-state index in [0.717, 1.165) is 34.5 Å². The van der Waals surface area contributed by atoms with Gasteiger partial charge >= 0.3 is 0 Å². The normalized spacial score (nSPS) is 19.9. The van der Waals surface area contributed by atoms with Gasteiger partial charge in [-0.3, -0.25) is 4.90 Å². The second-order valence-corrected chi connectivity index (χ2v) is 8.13. The highest BCUT2D eigenvalue weighted by Crippen LogP contribution is 2.39. The predicted molar refractivity (Wildman–Crippen MR) is 109 cm³/mol. The molecule has 1 aliphatic heterocycles. The molecule has 1 aliphatic rings. The number of aromatic nitrogens is 2. The van der Waals surface area contributed by atoms with Crippen molar-refractivity contribution < 1.29 is 5.11 Å². The van der Waals surface area contributed by atoms with Crippen LogP contribution in [-0.4, -0.2) is 33.8 Å². The Morgan fingerprint density at radius 1 is 1.11 bits per heavy atom. The molecule has 3 heterocycles. The number of hydrogen-bond donors (Lipinski definition) is 1. The quantitative estimate of drug-likeness (QED) is 0.576. The maximum atomic E-state index is 11.8. The van der Waals surface area contributed by atoms with Crippen molar-refractivity contribution in [2.45, 2.75) is 12.1 Å². The summed E-state index contributed by atoms with van der Waals surface area (Å²) in [5.74, 6) is 0. The lowest BCUT2D eigenvalue weighted by Gasteiger charge is -2.40. The molecule has 134 valence electrons. The highest BCUT2D eigenvalue weighted by atomic mass is 32.1. The van der Waals surface area contributed by atoms with Gasteiger partial charge in [0.15, 0.2) is 0 Å². The van der Waals surface area contributed by atoms with Crippen LogP contribution in [0, 0.1) is 0 Å². The van der Waals surface area contributed by atoms with Gasteiger partial charge in [-0.25, -0.2) is 0 Å². The summed E-state index contributed by atoms with van der Waals surface area (Å²) in [4.78, 5) is 2.17. The first kappa shape index (κ1) is 16.6. The Kier molecular flexibility index (Phi) is 3.82. The molecule has 0 bridgehead atoms. The summed E-state index contributed by atoms with van der Waals surface area (Å²) in [5.41, 5.74) is 3.88. The molecule has 0 amide bonds. The number of aliphatic hydroxyl groups is 1. The number of β-amino-alcohol motifs (C(OH)–C–C–N with tert-alkyl or cyclic N) is 1. The number of likely N-dealkylation sites (N-methyl/N-ethyl adjacent to an activating group) is 1. The van der Waals surface area contributed by atoms with Crippen molar-refractivity contribution in [3.05, 3.63) is 82.9 Å². The van der Waals surface area contributed by atoms with Crippen LogP contribution in [-0.2, 0) is 12.1 Å². The minimum Gasteiger partial charge on any atom is -0.379 e. The minimum absolute atomic E-state index is 0.571. The summed E-state index contributed by atoms with van der Waals surface area (Å²) in [7, 11) is 2.05. The highest BCUT2D eigenvalue weighted by molar-refractivity contribution is 7.17. The van der Waals surface area contributed by atoms with Crippen LogP contribution >= 0.6 is 11.3 Å². The van der Waals surface area contributed by atoms with E-state index in [0.29, 0.717) is 6.54 Å². The zero-order valence-electron chi connectivity index (χ0n) is 15.0. The van der Waals surface area contributed by atoms with Gasteiger partial charge in [-0.15, -0.1) is 11.3 Å². The lowest BCUT2D eigenvalue weighted by atomic mass is 9.79. The van der Waals surface area contributed by atoms with E-state index in [4.69, 9.17) is 0 Å². The molecule has 27 heavy (non-hydrogen) atoms. The fourth-order valence-electron chi connectivity index (χ4n) is 4.02. The van der Waals surface area contributed by atoms with Crippen LogP contribution in [0.5, 0.6) is 0 Å². The Balaban J connectivity index is 1.65. The smallest absolute Gasteiger partial charge is 0.128 e. The van der Waals surface area contributed by atoms with E-state index in [-0.39, 0.29) is 0 Å². The van der Waals surface area contributed by atoms with Gasteiger partial charge in [-0.05, 0) is 64.8 Å². The monoisotopic (exact) mass is 373 g/mol. The zero-order valence-corrected chi connectivity index (χ0v) is 15.8. The van der Waals surface area contributed by atoms with Gasteiger partial charge in [0.25, 0.3) is 0 Å². The first-order valence-corrected chi connectivity index (χ1v) is 9.82. The minimum atomic E-state index is -1.03. The van der Waals surface area contributed by atoms with Crippen LogP contribution in [0.2, 0.25) is 0 Å². The van der Waals surface area contributed by atoms with E-state index < -0.39 is 5.60 Å².